The zero-order valence-electron chi connectivity index (χ0n) is 9.38. The van der Waals surface area contributed by atoms with Gasteiger partial charge in [0.1, 0.15) is 0 Å². The van der Waals surface area contributed by atoms with Crippen molar-refractivity contribution < 1.29 is 9.59 Å². The van der Waals surface area contributed by atoms with E-state index < -0.39 is 5.54 Å². The smallest absolute Gasteiger partial charge is 0.242 e. The van der Waals surface area contributed by atoms with Crippen LogP contribution in [0.2, 0.25) is 0 Å². The Morgan fingerprint density at radius 3 is 2.87 bits per heavy atom. The molecule has 1 atom stereocenters. The van der Waals surface area contributed by atoms with Crippen molar-refractivity contribution >= 4 is 11.8 Å². The van der Waals surface area contributed by atoms with Gasteiger partial charge in [-0.15, -0.1) is 0 Å². The van der Waals surface area contributed by atoms with Gasteiger partial charge in [-0.1, -0.05) is 6.92 Å². The van der Waals surface area contributed by atoms with Gasteiger partial charge in [-0.25, -0.2) is 0 Å². The molecule has 1 saturated heterocycles. The number of rotatable bonds is 2. The van der Waals surface area contributed by atoms with E-state index >= 15 is 0 Å². The maximum absolute atomic E-state index is 12.0. The molecule has 1 fully saturated rings. The van der Waals surface area contributed by atoms with Crippen LogP contribution in [0.15, 0.2) is 0 Å². The first kappa shape index (κ1) is 12.0. The highest BCUT2D eigenvalue weighted by atomic mass is 16.2. The minimum atomic E-state index is -0.812. The average Bonchev–Trinajstić information content (AvgIpc) is 2.42. The van der Waals surface area contributed by atoms with Crippen LogP contribution in [0, 0.1) is 0 Å². The van der Waals surface area contributed by atoms with Gasteiger partial charge in [-0.2, -0.15) is 0 Å². The van der Waals surface area contributed by atoms with Crippen LogP contribution in [0.3, 0.4) is 0 Å². The zero-order chi connectivity index (χ0) is 11.5. The Hall–Kier alpha value is -1.10. The highest BCUT2D eigenvalue weighted by molar-refractivity contribution is 5.86. The fourth-order valence-electron chi connectivity index (χ4n) is 1.48. The van der Waals surface area contributed by atoms with Crippen molar-refractivity contribution in [2.45, 2.75) is 32.2 Å². The second kappa shape index (κ2) is 4.61. The van der Waals surface area contributed by atoms with Crippen LogP contribution in [0.1, 0.15) is 26.7 Å². The average molecular weight is 213 g/mol. The lowest BCUT2D eigenvalue weighted by atomic mass is 9.98. The second-order valence-corrected chi connectivity index (χ2v) is 4.16. The first-order chi connectivity index (χ1) is 6.97. The maximum Gasteiger partial charge on any atom is 0.242 e. The fourth-order valence-corrected chi connectivity index (χ4v) is 1.48. The summed E-state index contributed by atoms with van der Waals surface area (Å²) in [6.07, 6.45) is 0.968. The van der Waals surface area contributed by atoms with Gasteiger partial charge in [-0.3, -0.25) is 9.59 Å². The lowest BCUT2D eigenvalue weighted by Gasteiger charge is -2.29. The molecule has 0 aromatic carbocycles. The molecule has 1 aliphatic heterocycles. The van der Waals surface area contributed by atoms with Gasteiger partial charge in [0.2, 0.25) is 11.8 Å². The Morgan fingerprint density at radius 2 is 2.27 bits per heavy atom. The number of hydrogen-bond donors (Lipinski definition) is 2. The number of amides is 2. The molecule has 3 N–H and O–H groups in total. The predicted octanol–water partition coefficient (Wildman–Crippen LogP) is -0.538. The molecule has 86 valence electrons. The third-order valence-electron chi connectivity index (χ3n) is 2.82. The minimum absolute atomic E-state index is 0.000484. The molecule has 0 saturated carbocycles. The van der Waals surface area contributed by atoms with Crippen molar-refractivity contribution in [2.75, 3.05) is 19.6 Å². The van der Waals surface area contributed by atoms with E-state index in [4.69, 9.17) is 5.73 Å². The van der Waals surface area contributed by atoms with Gasteiger partial charge >= 0.3 is 0 Å². The van der Waals surface area contributed by atoms with Crippen LogP contribution in [-0.4, -0.2) is 41.9 Å². The third-order valence-corrected chi connectivity index (χ3v) is 2.82. The Morgan fingerprint density at radius 1 is 1.60 bits per heavy atom. The summed E-state index contributed by atoms with van der Waals surface area (Å²) in [7, 11) is 0. The largest absolute Gasteiger partial charge is 0.354 e. The number of carbonyl (C=O) groups excluding carboxylic acids is 2. The van der Waals surface area contributed by atoms with Crippen molar-refractivity contribution in [1.82, 2.24) is 10.2 Å². The van der Waals surface area contributed by atoms with Crippen molar-refractivity contribution in [3.63, 3.8) is 0 Å². The van der Waals surface area contributed by atoms with Crippen molar-refractivity contribution in [3.05, 3.63) is 0 Å². The van der Waals surface area contributed by atoms with Crippen LogP contribution in [0.4, 0.5) is 0 Å². The Kier molecular flexibility index (Phi) is 3.68. The normalized spacial score (nSPS) is 21.5. The molecular weight excluding hydrogens is 194 g/mol. The van der Waals surface area contributed by atoms with E-state index in [-0.39, 0.29) is 11.8 Å². The molecule has 1 rings (SSSR count). The van der Waals surface area contributed by atoms with Crippen molar-refractivity contribution in [3.8, 4) is 0 Å². The molecule has 2 amide bonds. The van der Waals surface area contributed by atoms with Crippen LogP contribution in [0.25, 0.3) is 0 Å². The number of nitrogens with two attached hydrogens (primary N) is 1. The molecule has 0 aromatic rings. The molecule has 0 radical (unpaired) electrons. The van der Waals surface area contributed by atoms with Crippen LogP contribution >= 0.6 is 0 Å². The zero-order valence-corrected chi connectivity index (χ0v) is 9.38. The number of nitrogens with zero attached hydrogens (tertiary/aromatic N) is 1. The molecule has 5 nitrogen and oxygen atoms in total. The lowest BCUT2D eigenvalue weighted by molar-refractivity contribution is -0.136. The van der Waals surface area contributed by atoms with E-state index in [9.17, 15) is 9.59 Å². The highest BCUT2D eigenvalue weighted by Gasteiger charge is 2.31. The van der Waals surface area contributed by atoms with E-state index in [1.165, 1.54) is 0 Å². The summed E-state index contributed by atoms with van der Waals surface area (Å²) in [5, 5.41) is 2.73. The van der Waals surface area contributed by atoms with Crippen molar-refractivity contribution in [1.29, 1.82) is 0 Å². The molecule has 15 heavy (non-hydrogen) atoms. The van der Waals surface area contributed by atoms with Crippen LogP contribution < -0.4 is 11.1 Å². The Labute approximate surface area is 90.0 Å². The maximum atomic E-state index is 12.0. The van der Waals surface area contributed by atoms with E-state index in [1.54, 1.807) is 11.8 Å². The van der Waals surface area contributed by atoms with Gasteiger partial charge in [-0.05, 0) is 13.3 Å². The first-order valence-corrected chi connectivity index (χ1v) is 5.32. The monoisotopic (exact) mass is 213 g/mol. The Bertz CT molecular complexity index is 263. The summed E-state index contributed by atoms with van der Waals surface area (Å²) in [4.78, 5) is 24.7. The molecule has 5 heteroatoms. The summed E-state index contributed by atoms with van der Waals surface area (Å²) in [6.45, 7) is 5.16. The highest BCUT2D eigenvalue weighted by Crippen LogP contribution is 2.11. The van der Waals surface area contributed by atoms with Crippen LogP contribution in [0.5, 0.6) is 0 Å². The molecule has 0 bridgehead atoms. The molecule has 0 aliphatic carbocycles. The molecule has 0 aromatic heterocycles. The summed E-state index contributed by atoms with van der Waals surface area (Å²) in [5.41, 5.74) is 5.07. The summed E-state index contributed by atoms with van der Waals surface area (Å²) in [6, 6.07) is 0. The topological polar surface area (TPSA) is 75.4 Å². The van der Waals surface area contributed by atoms with Crippen molar-refractivity contribution in [2.24, 2.45) is 5.73 Å². The Balaban J connectivity index is 2.63. The van der Waals surface area contributed by atoms with Gasteiger partial charge in [0.25, 0.3) is 0 Å². The summed E-state index contributed by atoms with van der Waals surface area (Å²) >= 11 is 0. The lowest BCUT2D eigenvalue weighted by Crippen LogP contribution is -2.53. The van der Waals surface area contributed by atoms with Crippen LogP contribution in [-0.2, 0) is 9.59 Å². The van der Waals surface area contributed by atoms with E-state index in [2.05, 4.69) is 5.32 Å². The van der Waals surface area contributed by atoms with E-state index in [0.717, 1.165) is 0 Å². The summed E-state index contributed by atoms with van der Waals surface area (Å²) < 4.78 is 0. The SMILES string of the molecule is CCC(C)(N)C(=O)N1CCNC(=O)CC1. The fraction of sp³-hybridized carbons (Fsp3) is 0.800. The van der Waals surface area contributed by atoms with Gasteiger partial charge in [0.15, 0.2) is 0 Å². The minimum Gasteiger partial charge on any atom is -0.354 e. The molecule has 0 spiro atoms. The van der Waals surface area contributed by atoms with Gasteiger partial charge < -0.3 is 16.0 Å². The van der Waals surface area contributed by atoms with E-state index in [0.29, 0.717) is 32.5 Å². The second-order valence-electron chi connectivity index (χ2n) is 4.16. The number of nitrogens with one attached hydrogen (secondary N) is 1. The molecular formula is C10H19N3O2. The first-order valence-electron chi connectivity index (χ1n) is 5.32. The molecule has 1 unspecified atom stereocenters. The standard InChI is InChI=1S/C10H19N3O2/c1-3-10(2,11)9(15)13-6-4-8(14)12-5-7-13/h3-7,11H2,1-2H3,(H,12,14). The third kappa shape index (κ3) is 2.92. The number of carbonyl (C=O) groups is 2. The predicted molar refractivity (Wildman–Crippen MR) is 57.1 cm³/mol. The molecule has 1 heterocycles. The van der Waals surface area contributed by atoms with Gasteiger partial charge in [0.05, 0.1) is 5.54 Å². The van der Waals surface area contributed by atoms with E-state index in [1.807, 2.05) is 6.92 Å². The van der Waals surface area contributed by atoms with Gasteiger partial charge in [0, 0.05) is 26.1 Å². The summed E-state index contributed by atoms with van der Waals surface area (Å²) in [5.74, 6) is -0.0676. The molecule has 1 aliphatic rings. The number of hydrogen-bond acceptors (Lipinski definition) is 3. The quantitative estimate of drug-likeness (QED) is 0.647.